The minimum atomic E-state index is 0.497. The summed E-state index contributed by atoms with van der Waals surface area (Å²) in [4.78, 5) is 2.58. The summed E-state index contributed by atoms with van der Waals surface area (Å²) in [6, 6.07) is 2.63. The predicted molar refractivity (Wildman–Crippen MR) is 79.0 cm³/mol. The van der Waals surface area contributed by atoms with E-state index >= 15 is 0 Å². The van der Waals surface area contributed by atoms with E-state index in [1.807, 2.05) is 6.26 Å². The quantitative estimate of drug-likeness (QED) is 0.883. The van der Waals surface area contributed by atoms with E-state index in [1.165, 1.54) is 37.9 Å². The highest BCUT2D eigenvalue weighted by Gasteiger charge is 2.16. The molecule has 1 atom stereocenters. The topological polar surface area (TPSA) is 28.4 Å². The van der Waals surface area contributed by atoms with E-state index in [2.05, 4.69) is 37.1 Å². The van der Waals surface area contributed by atoms with Crippen molar-refractivity contribution in [1.82, 2.24) is 10.2 Å². The first kappa shape index (κ1) is 14.6. The van der Waals surface area contributed by atoms with Crippen LogP contribution in [0.25, 0.3) is 0 Å². The Morgan fingerprint density at radius 1 is 1.37 bits per heavy atom. The summed E-state index contributed by atoms with van der Waals surface area (Å²) < 4.78 is 5.62. The lowest BCUT2D eigenvalue weighted by atomic mass is 10.0. The molecule has 1 aliphatic rings. The number of hydrogen-bond donors (Lipinski definition) is 1. The molecule has 0 radical (unpaired) electrons. The Balaban J connectivity index is 1.89. The lowest BCUT2D eigenvalue weighted by molar-refractivity contribution is 0.270. The molecule has 0 amide bonds. The fraction of sp³-hybridized carbons (Fsp3) is 0.750. The van der Waals surface area contributed by atoms with Gasteiger partial charge in [-0.3, -0.25) is 4.90 Å². The Morgan fingerprint density at radius 2 is 2.21 bits per heavy atom. The van der Waals surface area contributed by atoms with Crippen LogP contribution in [-0.2, 0) is 13.1 Å². The Morgan fingerprint density at radius 3 is 3.00 bits per heavy atom. The molecule has 1 unspecified atom stereocenters. The summed E-state index contributed by atoms with van der Waals surface area (Å²) >= 11 is 0. The van der Waals surface area contributed by atoms with E-state index in [-0.39, 0.29) is 0 Å². The zero-order chi connectivity index (χ0) is 13.7. The minimum Gasteiger partial charge on any atom is -0.468 e. The Labute approximate surface area is 117 Å². The molecule has 0 aliphatic carbocycles. The van der Waals surface area contributed by atoms with Crippen molar-refractivity contribution in [3.8, 4) is 0 Å². The fourth-order valence-electron chi connectivity index (χ4n) is 2.68. The van der Waals surface area contributed by atoms with Gasteiger partial charge >= 0.3 is 0 Å². The highest BCUT2D eigenvalue weighted by atomic mass is 16.3. The second kappa shape index (κ2) is 7.11. The lowest BCUT2D eigenvalue weighted by Gasteiger charge is -2.20. The van der Waals surface area contributed by atoms with Crippen LogP contribution in [0.1, 0.15) is 51.4 Å². The molecule has 0 saturated carbocycles. The SMILES string of the molecule is CC1CCCN(Cc2ccoc2CNC(C)C)CC1. The molecule has 3 heteroatoms. The summed E-state index contributed by atoms with van der Waals surface area (Å²) in [5.41, 5.74) is 1.35. The van der Waals surface area contributed by atoms with Crippen LogP contribution in [-0.4, -0.2) is 24.0 Å². The molecule has 1 aromatic heterocycles. The maximum absolute atomic E-state index is 5.62. The first-order chi connectivity index (χ1) is 9.15. The molecule has 2 rings (SSSR count). The van der Waals surface area contributed by atoms with Crippen molar-refractivity contribution in [3.05, 3.63) is 23.7 Å². The van der Waals surface area contributed by atoms with Gasteiger partial charge in [-0.25, -0.2) is 0 Å². The second-order valence-corrected chi connectivity index (χ2v) is 6.22. The monoisotopic (exact) mass is 264 g/mol. The van der Waals surface area contributed by atoms with E-state index < -0.39 is 0 Å². The Kier molecular flexibility index (Phi) is 5.46. The minimum absolute atomic E-state index is 0.497. The highest BCUT2D eigenvalue weighted by molar-refractivity contribution is 5.17. The van der Waals surface area contributed by atoms with Crippen LogP contribution in [0.3, 0.4) is 0 Å². The van der Waals surface area contributed by atoms with Gasteiger partial charge in [0.15, 0.2) is 0 Å². The van der Waals surface area contributed by atoms with E-state index in [0.717, 1.165) is 24.8 Å². The largest absolute Gasteiger partial charge is 0.468 e. The Hall–Kier alpha value is -0.800. The third kappa shape index (κ3) is 4.66. The zero-order valence-electron chi connectivity index (χ0n) is 12.6. The molecule has 0 spiro atoms. The van der Waals surface area contributed by atoms with Crippen LogP contribution in [0.4, 0.5) is 0 Å². The van der Waals surface area contributed by atoms with Crippen LogP contribution in [0.15, 0.2) is 16.7 Å². The molecule has 19 heavy (non-hydrogen) atoms. The molecule has 0 aromatic carbocycles. The summed E-state index contributed by atoms with van der Waals surface area (Å²) in [6.07, 6.45) is 5.87. The van der Waals surface area contributed by atoms with Gasteiger partial charge in [-0.2, -0.15) is 0 Å². The van der Waals surface area contributed by atoms with Gasteiger partial charge in [0.25, 0.3) is 0 Å². The molecule has 1 aromatic rings. The number of furan rings is 1. The van der Waals surface area contributed by atoms with Gasteiger partial charge < -0.3 is 9.73 Å². The predicted octanol–water partition coefficient (Wildman–Crippen LogP) is 3.40. The normalized spacial score (nSPS) is 21.8. The fourth-order valence-corrected chi connectivity index (χ4v) is 2.68. The van der Waals surface area contributed by atoms with Crippen molar-refractivity contribution in [2.24, 2.45) is 5.92 Å². The number of nitrogens with zero attached hydrogens (tertiary/aromatic N) is 1. The first-order valence-electron chi connectivity index (χ1n) is 7.66. The van der Waals surface area contributed by atoms with Crippen molar-refractivity contribution in [3.63, 3.8) is 0 Å². The molecule has 1 N–H and O–H groups in total. The smallest absolute Gasteiger partial charge is 0.122 e. The van der Waals surface area contributed by atoms with Gasteiger partial charge in [0.05, 0.1) is 12.8 Å². The summed E-state index contributed by atoms with van der Waals surface area (Å²) in [5, 5.41) is 3.43. The van der Waals surface area contributed by atoms with Crippen molar-refractivity contribution in [2.45, 2.75) is 59.2 Å². The molecule has 3 nitrogen and oxygen atoms in total. The van der Waals surface area contributed by atoms with Gasteiger partial charge in [0, 0.05) is 18.2 Å². The van der Waals surface area contributed by atoms with Gasteiger partial charge in [-0.1, -0.05) is 20.8 Å². The molecule has 2 heterocycles. The maximum atomic E-state index is 5.62. The summed E-state index contributed by atoms with van der Waals surface area (Å²) in [5.74, 6) is 1.99. The molecule has 0 bridgehead atoms. The van der Waals surface area contributed by atoms with Gasteiger partial charge in [-0.15, -0.1) is 0 Å². The maximum Gasteiger partial charge on any atom is 0.122 e. The number of likely N-dealkylation sites (tertiary alicyclic amines) is 1. The molecule has 1 saturated heterocycles. The standard InChI is InChI=1S/C16H28N2O/c1-13(2)17-11-16-15(7-10-19-16)12-18-8-4-5-14(3)6-9-18/h7,10,13-14,17H,4-6,8-9,11-12H2,1-3H3. The first-order valence-corrected chi connectivity index (χ1v) is 7.66. The average Bonchev–Trinajstić information content (AvgIpc) is 2.70. The molecule has 1 aliphatic heterocycles. The van der Waals surface area contributed by atoms with Crippen LogP contribution < -0.4 is 5.32 Å². The van der Waals surface area contributed by atoms with Crippen molar-refractivity contribution in [1.29, 1.82) is 0 Å². The molecular formula is C16H28N2O. The number of rotatable bonds is 5. The van der Waals surface area contributed by atoms with E-state index in [1.54, 1.807) is 0 Å². The average molecular weight is 264 g/mol. The van der Waals surface area contributed by atoms with Gasteiger partial charge in [0.2, 0.25) is 0 Å². The van der Waals surface area contributed by atoms with Gasteiger partial charge in [-0.05, 0) is 44.3 Å². The number of hydrogen-bond acceptors (Lipinski definition) is 3. The van der Waals surface area contributed by atoms with Crippen molar-refractivity contribution >= 4 is 0 Å². The lowest BCUT2D eigenvalue weighted by Crippen LogP contribution is -2.26. The van der Waals surface area contributed by atoms with Crippen LogP contribution >= 0.6 is 0 Å². The van der Waals surface area contributed by atoms with E-state index in [0.29, 0.717) is 6.04 Å². The third-order valence-electron chi connectivity index (χ3n) is 4.01. The van der Waals surface area contributed by atoms with E-state index in [4.69, 9.17) is 4.42 Å². The Bertz CT molecular complexity index is 373. The molecular weight excluding hydrogens is 236 g/mol. The van der Waals surface area contributed by atoms with Crippen LogP contribution in [0.5, 0.6) is 0 Å². The van der Waals surface area contributed by atoms with Gasteiger partial charge in [0.1, 0.15) is 5.76 Å². The van der Waals surface area contributed by atoms with Crippen LogP contribution in [0.2, 0.25) is 0 Å². The molecule has 1 fully saturated rings. The highest BCUT2D eigenvalue weighted by Crippen LogP contribution is 2.20. The van der Waals surface area contributed by atoms with Crippen molar-refractivity contribution < 1.29 is 4.42 Å². The zero-order valence-corrected chi connectivity index (χ0v) is 12.6. The van der Waals surface area contributed by atoms with Crippen molar-refractivity contribution in [2.75, 3.05) is 13.1 Å². The van der Waals surface area contributed by atoms with E-state index in [9.17, 15) is 0 Å². The summed E-state index contributed by atoms with van der Waals surface area (Å²) in [6.45, 7) is 11.0. The summed E-state index contributed by atoms with van der Waals surface area (Å²) in [7, 11) is 0. The van der Waals surface area contributed by atoms with Crippen LogP contribution in [0, 0.1) is 5.92 Å². The third-order valence-corrected chi connectivity index (χ3v) is 4.01. The number of nitrogens with one attached hydrogen (secondary N) is 1. The molecule has 108 valence electrons. The second-order valence-electron chi connectivity index (χ2n) is 6.22.